The van der Waals surface area contributed by atoms with Crippen LogP contribution in [0.15, 0.2) is 66.2 Å². The fourth-order valence-electron chi connectivity index (χ4n) is 2.98. The molecule has 1 aliphatic rings. The Labute approximate surface area is 132 Å². The van der Waals surface area contributed by atoms with E-state index < -0.39 is 0 Å². The summed E-state index contributed by atoms with van der Waals surface area (Å²) < 4.78 is 0. The van der Waals surface area contributed by atoms with Gasteiger partial charge in [-0.15, -0.1) is 0 Å². The lowest BCUT2D eigenvalue weighted by Gasteiger charge is -2.18. The van der Waals surface area contributed by atoms with E-state index in [1.807, 2.05) is 35.2 Å². The molecule has 2 heteroatoms. The number of amides is 1. The van der Waals surface area contributed by atoms with E-state index in [0.717, 1.165) is 23.2 Å². The highest BCUT2D eigenvalue weighted by atomic mass is 16.2. The number of hydrogen-bond acceptors (Lipinski definition) is 1. The minimum Gasteiger partial charge on any atom is -0.307 e. The van der Waals surface area contributed by atoms with Crippen molar-refractivity contribution >= 4 is 11.6 Å². The Morgan fingerprint density at radius 1 is 1.05 bits per heavy atom. The van der Waals surface area contributed by atoms with Crippen LogP contribution in [0.25, 0.3) is 0 Å². The molecule has 0 aromatic heterocycles. The minimum absolute atomic E-state index is 0.0465. The predicted molar refractivity (Wildman–Crippen MR) is 90.9 cm³/mol. The normalized spacial score (nSPS) is 16.5. The molecule has 0 fully saturated rings. The van der Waals surface area contributed by atoms with Gasteiger partial charge in [0.1, 0.15) is 0 Å². The van der Waals surface area contributed by atoms with Crippen LogP contribution in [0.1, 0.15) is 37.3 Å². The zero-order valence-electron chi connectivity index (χ0n) is 13.1. The fraction of sp³-hybridized carbons (Fsp3) is 0.250. The third-order valence-corrected chi connectivity index (χ3v) is 4.11. The van der Waals surface area contributed by atoms with E-state index in [0.29, 0.717) is 6.54 Å². The molecule has 0 saturated heterocycles. The van der Waals surface area contributed by atoms with E-state index in [1.54, 1.807) is 0 Å². The first kappa shape index (κ1) is 14.6. The number of anilines is 1. The van der Waals surface area contributed by atoms with Gasteiger partial charge in [-0.25, -0.2) is 0 Å². The Hall–Kier alpha value is -2.35. The average Bonchev–Trinajstić information content (AvgIpc) is 2.79. The van der Waals surface area contributed by atoms with E-state index in [-0.39, 0.29) is 11.8 Å². The van der Waals surface area contributed by atoms with Gasteiger partial charge in [-0.3, -0.25) is 4.79 Å². The lowest BCUT2D eigenvalue weighted by molar-refractivity contribution is -0.119. The monoisotopic (exact) mass is 291 g/mol. The summed E-state index contributed by atoms with van der Waals surface area (Å²) in [6.45, 7) is 4.79. The van der Waals surface area contributed by atoms with Gasteiger partial charge in [-0.1, -0.05) is 60.2 Å². The number of benzene rings is 2. The average molecular weight is 291 g/mol. The first-order chi connectivity index (χ1) is 10.7. The van der Waals surface area contributed by atoms with Crippen LogP contribution in [-0.4, -0.2) is 5.91 Å². The molecule has 1 heterocycles. The van der Waals surface area contributed by atoms with Gasteiger partial charge in [0.2, 0.25) is 5.91 Å². The molecule has 0 bridgehead atoms. The van der Waals surface area contributed by atoms with Crippen LogP contribution < -0.4 is 4.90 Å². The van der Waals surface area contributed by atoms with Crippen molar-refractivity contribution in [2.24, 2.45) is 0 Å². The fourth-order valence-corrected chi connectivity index (χ4v) is 2.98. The molecular formula is C20H21NO. The lowest BCUT2D eigenvalue weighted by atomic mass is 9.96. The van der Waals surface area contributed by atoms with Crippen molar-refractivity contribution in [3.05, 3.63) is 77.4 Å². The molecule has 0 spiro atoms. The van der Waals surface area contributed by atoms with Crippen LogP contribution in [0.3, 0.4) is 0 Å². The number of carbonyl (C=O) groups excluding carboxylic acids is 1. The van der Waals surface area contributed by atoms with Crippen molar-refractivity contribution in [2.45, 2.75) is 32.7 Å². The Kier molecular flexibility index (Phi) is 4.10. The van der Waals surface area contributed by atoms with Crippen LogP contribution in [0.5, 0.6) is 0 Å². The molecule has 0 N–H and O–H groups in total. The molecule has 3 rings (SSSR count). The summed E-state index contributed by atoms with van der Waals surface area (Å²) in [5.74, 6) is 0.164. The van der Waals surface area contributed by atoms with Crippen LogP contribution in [0.4, 0.5) is 5.69 Å². The van der Waals surface area contributed by atoms with Crippen LogP contribution >= 0.6 is 0 Å². The third-order valence-electron chi connectivity index (χ3n) is 4.11. The number of nitrogens with zero attached hydrogens (tertiary/aromatic N) is 1. The van der Waals surface area contributed by atoms with Crippen molar-refractivity contribution in [1.29, 1.82) is 0 Å². The topological polar surface area (TPSA) is 20.3 Å². The number of para-hydroxylation sites is 1. The summed E-state index contributed by atoms with van der Waals surface area (Å²) in [5.41, 5.74) is 4.63. The first-order valence-electron chi connectivity index (χ1n) is 7.74. The molecule has 1 aliphatic heterocycles. The van der Waals surface area contributed by atoms with Crippen molar-refractivity contribution in [3.8, 4) is 0 Å². The van der Waals surface area contributed by atoms with E-state index >= 15 is 0 Å². The number of allylic oxidation sites excluding steroid dienone is 2. The van der Waals surface area contributed by atoms with Gasteiger partial charge in [0.05, 0.1) is 12.5 Å². The van der Waals surface area contributed by atoms with Gasteiger partial charge < -0.3 is 4.90 Å². The van der Waals surface area contributed by atoms with Gasteiger partial charge in [-0.05, 0) is 37.5 Å². The molecule has 22 heavy (non-hydrogen) atoms. The molecule has 2 aromatic carbocycles. The Morgan fingerprint density at radius 2 is 1.73 bits per heavy atom. The number of carbonyl (C=O) groups is 1. The summed E-state index contributed by atoms with van der Waals surface area (Å²) in [4.78, 5) is 14.8. The second-order valence-electron chi connectivity index (χ2n) is 6.04. The van der Waals surface area contributed by atoms with E-state index in [9.17, 15) is 4.79 Å². The zero-order valence-corrected chi connectivity index (χ0v) is 13.1. The summed E-state index contributed by atoms with van der Waals surface area (Å²) in [5, 5.41) is 0. The molecule has 0 aliphatic carbocycles. The molecule has 1 unspecified atom stereocenters. The molecule has 1 atom stereocenters. The maximum absolute atomic E-state index is 12.9. The minimum atomic E-state index is -0.0465. The summed E-state index contributed by atoms with van der Waals surface area (Å²) in [6, 6.07) is 18.3. The van der Waals surface area contributed by atoms with E-state index in [2.05, 4.69) is 44.2 Å². The summed E-state index contributed by atoms with van der Waals surface area (Å²) >= 11 is 0. The molecule has 2 nitrogen and oxygen atoms in total. The second kappa shape index (κ2) is 6.18. The second-order valence-corrected chi connectivity index (χ2v) is 6.04. The van der Waals surface area contributed by atoms with Gasteiger partial charge in [0, 0.05) is 5.69 Å². The standard InChI is InChI=1S/C20H21NO/c1-15(2)12-13-18-17-10-6-7-11-19(17)21(20(18)22)14-16-8-4-3-5-9-16/h3-12,18H,13-14H2,1-2H3. The summed E-state index contributed by atoms with van der Waals surface area (Å²) in [6.07, 6.45) is 2.94. The molecule has 112 valence electrons. The largest absolute Gasteiger partial charge is 0.307 e. The molecule has 1 amide bonds. The number of hydrogen-bond donors (Lipinski definition) is 0. The molecular weight excluding hydrogens is 270 g/mol. The molecule has 0 saturated carbocycles. The summed E-state index contributed by atoms with van der Waals surface area (Å²) in [7, 11) is 0. The Morgan fingerprint density at radius 3 is 2.45 bits per heavy atom. The van der Waals surface area contributed by atoms with Gasteiger partial charge in [0.25, 0.3) is 0 Å². The maximum atomic E-state index is 12.9. The van der Waals surface area contributed by atoms with E-state index in [4.69, 9.17) is 0 Å². The maximum Gasteiger partial charge on any atom is 0.235 e. The quantitative estimate of drug-likeness (QED) is 0.749. The van der Waals surface area contributed by atoms with Gasteiger partial charge in [0.15, 0.2) is 0 Å². The molecule has 2 aromatic rings. The van der Waals surface area contributed by atoms with Gasteiger partial charge in [-0.2, -0.15) is 0 Å². The first-order valence-corrected chi connectivity index (χ1v) is 7.74. The number of fused-ring (bicyclic) bond motifs is 1. The predicted octanol–water partition coefficient (Wildman–Crippen LogP) is 4.67. The lowest BCUT2D eigenvalue weighted by Crippen LogP contribution is -2.28. The SMILES string of the molecule is CC(C)=CCC1C(=O)N(Cc2ccccc2)c2ccccc21. The van der Waals surface area contributed by atoms with E-state index in [1.165, 1.54) is 5.57 Å². The van der Waals surface area contributed by atoms with Crippen molar-refractivity contribution < 1.29 is 4.79 Å². The van der Waals surface area contributed by atoms with Crippen LogP contribution in [-0.2, 0) is 11.3 Å². The highest BCUT2D eigenvalue weighted by Gasteiger charge is 2.35. The third kappa shape index (κ3) is 2.82. The highest BCUT2D eigenvalue weighted by Crippen LogP contribution is 2.40. The Bertz CT molecular complexity index is 699. The smallest absolute Gasteiger partial charge is 0.235 e. The van der Waals surface area contributed by atoms with Crippen LogP contribution in [0, 0.1) is 0 Å². The van der Waals surface area contributed by atoms with Crippen molar-refractivity contribution in [3.63, 3.8) is 0 Å². The van der Waals surface area contributed by atoms with Crippen molar-refractivity contribution in [2.75, 3.05) is 4.90 Å². The van der Waals surface area contributed by atoms with Crippen LogP contribution in [0.2, 0.25) is 0 Å². The van der Waals surface area contributed by atoms with Crippen molar-refractivity contribution in [1.82, 2.24) is 0 Å². The molecule has 0 radical (unpaired) electrons. The zero-order chi connectivity index (χ0) is 15.5. The highest BCUT2D eigenvalue weighted by molar-refractivity contribution is 6.04. The Balaban J connectivity index is 1.92. The van der Waals surface area contributed by atoms with Gasteiger partial charge >= 0.3 is 0 Å². The number of rotatable bonds is 4.